The fourth-order valence-corrected chi connectivity index (χ4v) is 3.10. The third-order valence-electron chi connectivity index (χ3n) is 3.68. The van der Waals surface area contributed by atoms with E-state index in [0.29, 0.717) is 5.56 Å². The zero-order valence-electron chi connectivity index (χ0n) is 11.9. The van der Waals surface area contributed by atoms with Gasteiger partial charge in [0.15, 0.2) is 0 Å². The maximum atomic E-state index is 12.9. The first-order chi connectivity index (χ1) is 9.93. The highest BCUT2D eigenvalue weighted by Crippen LogP contribution is 2.38. The van der Waals surface area contributed by atoms with Gasteiger partial charge in [-0.1, -0.05) is 34.5 Å². The lowest BCUT2D eigenvalue weighted by Crippen LogP contribution is -2.24. The summed E-state index contributed by atoms with van der Waals surface area (Å²) in [5, 5.41) is 3.38. The monoisotopic (exact) mass is 361 g/mol. The Labute approximate surface area is 131 Å². The van der Waals surface area contributed by atoms with E-state index in [1.807, 2.05) is 6.92 Å². The van der Waals surface area contributed by atoms with Gasteiger partial charge in [-0.2, -0.15) is 13.2 Å². The van der Waals surface area contributed by atoms with E-state index in [0.717, 1.165) is 42.8 Å². The average Bonchev–Trinajstić information content (AvgIpc) is 2.93. The molecule has 0 aliphatic heterocycles. The summed E-state index contributed by atoms with van der Waals surface area (Å²) in [5.41, 5.74) is 1.28. The van der Waals surface area contributed by atoms with Crippen molar-refractivity contribution in [1.82, 2.24) is 5.32 Å². The largest absolute Gasteiger partial charge is 0.416 e. The number of rotatable bonds is 5. The number of benzene rings is 1. The van der Waals surface area contributed by atoms with E-state index in [9.17, 15) is 13.2 Å². The van der Waals surface area contributed by atoms with Gasteiger partial charge in [-0.15, -0.1) is 0 Å². The highest BCUT2D eigenvalue weighted by Gasteiger charge is 2.32. The highest BCUT2D eigenvalue weighted by molar-refractivity contribution is 9.10. The number of allylic oxidation sites excluding steroid dienone is 1. The Morgan fingerprint density at radius 1 is 1.33 bits per heavy atom. The molecule has 2 rings (SSSR count). The first-order valence-corrected chi connectivity index (χ1v) is 8.01. The van der Waals surface area contributed by atoms with Crippen LogP contribution in [0.25, 0.3) is 0 Å². The minimum Gasteiger partial charge on any atom is -0.306 e. The van der Waals surface area contributed by atoms with E-state index >= 15 is 0 Å². The molecule has 0 amide bonds. The molecule has 0 spiro atoms. The van der Waals surface area contributed by atoms with Crippen molar-refractivity contribution in [2.75, 3.05) is 6.54 Å². The van der Waals surface area contributed by atoms with Crippen LogP contribution in [0.15, 0.2) is 34.3 Å². The molecular formula is C16H19BrF3N. The molecule has 116 valence electrons. The van der Waals surface area contributed by atoms with Crippen LogP contribution in [0, 0.1) is 0 Å². The molecule has 0 aromatic heterocycles. The van der Waals surface area contributed by atoms with Crippen molar-refractivity contribution in [3.63, 3.8) is 0 Å². The predicted octanol–water partition coefficient (Wildman–Crippen LogP) is 5.62. The topological polar surface area (TPSA) is 12.0 Å². The summed E-state index contributed by atoms with van der Waals surface area (Å²) in [6, 6.07) is 3.74. The Morgan fingerprint density at radius 3 is 2.67 bits per heavy atom. The number of hydrogen-bond acceptors (Lipinski definition) is 1. The van der Waals surface area contributed by atoms with Crippen molar-refractivity contribution in [2.24, 2.45) is 0 Å². The van der Waals surface area contributed by atoms with Crippen LogP contribution in [0.5, 0.6) is 0 Å². The van der Waals surface area contributed by atoms with Gasteiger partial charge >= 0.3 is 6.18 Å². The third kappa shape index (κ3) is 4.10. The summed E-state index contributed by atoms with van der Waals surface area (Å²) in [7, 11) is 0. The van der Waals surface area contributed by atoms with Crippen LogP contribution >= 0.6 is 15.9 Å². The van der Waals surface area contributed by atoms with Crippen molar-refractivity contribution >= 4 is 15.9 Å². The van der Waals surface area contributed by atoms with Gasteiger partial charge in [0.1, 0.15) is 0 Å². The molecule has 0 saturated heterocycles. The SMILES string of the molecule is CCCNC(C1=CCCC1)c1cc(C(F)(F)F)ccc1Br. The van der Waals surface area contributed by atoms with Crippen LogP contribution in [-0.2, 0) is 6.18 Å². The molecule has 1 nitrogen and oxygen atoms in total. The molecule has 1 aromatic carbocycles. The second kappa shape index (κ2) is 6.97. The molecule has 0 saturated carbocycles. The van der Waals surface area contributed by atoms with Crippen molar-refractivity contribution in [2.45, 2.75) is 44.8 Å². The van der Waals surface area contributed by atoms with Gasteiger partial charge in [-0.05, 0) is 56.0 Å². The molecule has 5 heteroatoms. The normalized spacial score (nSPS) is 16.9. The van der Waals surface area contributed by atoms with E-state index < -0.39 is 11.7 Å². The standard InChI is InChI=1S/C16H19BrF3N/c1-2-9-21-15(11-5-3-4-6-11)13-10-12(16(18,19)20)7-8-14(13)17/h5,7-8,10,15,21H,2-4,6,9H2,1H3. The molecular weight excluding hydrogens is 343 g/mol. The Bertz CT molecular complexity index is 523. The van der Waals surface area contributed by atoms with Crippen LogP contribution in [0.1, 0.15) is 49.8 Å². The summed E-state index contributed by atoms with van der Waals surface area (Å²) in [6.07, 6.45) is 1.83. The summed E-state index contributed by atoms with van der Waals surface area (Å²) in [6.45, 7) is 2.83. The quantitative estimate of drug-likeness (QED) is 0.671. The van der Waals surface area contributed by atoms with Gasteiger partial charge < -0.3 is 5.32 Å². The van der Waals surface area contributed by atoms with Crippen molar-refractivity contribution in [1.29, 1.82) is 0 Å². The van der Waals surface area contributed by atoms with Crippen molar-refractivity contribution < 1.29 is 13.2 Å². The smallest absolute Gasteiger partial charge is 0.306 e. The third-order valence-corrected chi connectivity index (χ3v) is 4.40. The lowest BCUT2D eigenvalue weighted by molar-refractivity contribution is -0.137. The first kappa shape index (κ1) is 16.6. The van der Waals surface area contributed by atoms with Crippen molar-refractivity contribution in [3.05, 3.63) is 45.4 Å². The maximum absolute atomic E-state index is 12.9. The minimum absolute atomic E-state index is 0.135. The van der Waals surface area contributed by atoms with Crippen LogP contribution in [0.4, 0.5) is 13.2 Å². The summed E-state index contributed by atoms with van der Waals surface area (Å²) in [4.78, 5) is 0. The highest BCUT2D eigenvalue weighted by atomic mass is 79.9. The molecule has 0 bridgehead atoms. The number of halogens is 4. The first-order valence-electron chi connectivity index (χ1n) is 7.22. The number of alkyl halides is 3. The molecule has 1 aromatic rings. The van der Waals surface area contributed by atoms with Gasteiger partial charge in [0.05, 0.1) is 11.6 Å². The second-order valence-corrected chi connectivity index (χ2v) is 6.15. The van der Waals surface area contributed by atoms with Crippen LogP contribution < -0.4 is 5.32 Å². The van der Waals surface area contributed by atoms with Crippen molar-refractivity contribution in [3.8, 4) is 0 Å². The summed E-state index contributed by atoms with van der Waals surface area (Å²) < 4.78 is 39.5. The number of nitrogens with one attached hydrogen (secondary N) is 1. The molecule has 0 radical (unpaired) electrons. The lowest BCUT2D eigenvalue weighted by atomic mass is 9.96. The lowest BCUT2D eigenvalue weighted by Gasteiger charge is -2.23. The van der Waals surface area contributed by atoms with Crippen LogP contribution in [-0.4, -0.2) is 6.54 Å². The van der Waals surface area contributed by atoms with Gasteiger partial charge in [0.2, 0.25) is 0 Å². The molecule has 1 aliphatic carbocycles. The molecule has 1 aliphatic rings. The Balaban J connectivity index is 2.38. The molecule has 1 unspecified atom stereocenters. The molecule has 0 fully saturated rings. The molecule has 0 heterocycles. The minimum atomic E-state index is -4.31. The van der Waals surface area contributed by atoms with E-state index in [1.165, 1.54) is 17.7 Å². The zero-order chi connectivity index (χ0) is 15.5. The van der Waals surface area contributed by atoms with Gasteiger partial charge in [0, 0.05) is 4.47 Å². The van der Waals surface area contributed by atoms with Gasteiger partial charge in [-0.3, -0.25) is 0 Å². The van der Waals surface area contributed by atoms with E-state index in [1.54, 1.807) is 0 Å². The Hall–Kier alpha value is -0.810. The van der Waals surface area contributed by atoms with Crippen LogP contribution in [0.2, 0.25) is 0 Å². The van der Waals surface area contributed by atoms with E-state index in [4.69, 9.17) is 0 Å². The average molecular weight is 362 g/mol. The Kier molecular flexibility index (Phi) is 5.49. The fraction of sp³-hybridized carbons (Fsp3) is 0.500. The number of hydrogen-bond donors (Lipinski definition) is 1. The van der Waals surface area contributed by atoms with Gasteiger partial charge in [0.25, 0.3) is 0 Å². The second-order valence-electron chi connectivity index (χ2n) is 5.29. The van der Waals surface area contributed by atoms with Gasteiger partial charge in [-0.25, -0.2) is 0 Å². The molecule has 1 atom stereocenters. The van der Waals surface area contributed by atoms with Crippen LogP contribution in [0.3, 0.4) is 0 Å². The Morgan fingerprint density at radius 2 is 2.10 bits per heavy atom. The molecule has 1 N–H and O–H groups in total. The maximum Gasteiger partial charge on any atom is 0.416 e. The van der Waals surface area contributed by atoms with E-state index in [2.05, 4.69) is 27.3 Å². The molecule has 21 heavy (non-hydrogen) atoms. The summed E-state index contributed by atoms with van der Waals surface area (Å²) >= 11 is 3.40. The summed E-state index contributed by atoms with van der Waals surface area (Å²) in [5.74, 6) is 0. The predicted molar refractivity (Wildman–Crippen MR) is 82.1 cm³/mol. The zero-order valence-corrected chi connectivity index (χ0v) is 13.5. The van der Waals surface area contributed by atoms with E-state index in [-0.39, 0.29) is 6.04 Å². The fourth-order valence-electron chi connectivity index (χ4n) is 2.63.